The van der Waals surface area contributed by atoms with Gasteiger partial charge in [-0.3, -0.25) is 4.79 Å². The van der Waals surface area contributed by atoms with E-state index in [1.165, 1.54) is 25.3 Å². The summed E-state index contributed by atoms with van der Waals surface area (Å²) in [7, 11) is 1.35. The van der Waals surface area contributed by atoms with Crippen molar-refractivity contribution >= 4 is 23.4 Å². The van der Waals surface area contributed by atoms with Gasteiger partial charge in [-0.05, 0) is 67.6 Å². The molecule has 0 bridgehead atoms. The first-order valence-electron chi connectivity index (χ1n) is 11.2. The highest BCUT2D eigenvalue weighted by atomic mass is 35.5. The van der Waals surface area contributed by atoms with Gasteiger partial charge < -0.3 is 14.8 Å². The Morgan fingerprint density at radius 1 is 1.15 bits per heavy atom. The highest BCUT2D eigenvalue weighted by Crippen LogP contribution is 2.45. The maximum Gasteiger partial charge on any atom is 0.336 e. The molecule has 4 rings (SSSR count). The largest absolute Gasteiger partial charge is 0.487 e. The molecule has 1 aliphatic carbocycles. The number of halogens is 2. The van der Waals surface area contributed by atoms with Crippen molar-refractivity contribution in [2.75, 3.05) is 7.11 Å². The smallest absolute Gasteiger partial charge is 0.336 e. The highest BCUT2D eigenvalue weighted by molar-refractivity contribution is 6.32. The third-order valence-corrected chi connectivity index (χ3v) is 6.85. The molecule has 0 spiro atoms. The van der Waals surface area contributed by atoms with Gasteiger partial charge in [0.1, 0.15) is 24.0 Å². The summed E-state index contributed by atoms with van der Waals surface area (Å²) in [6.45, 7) is 5.99. The normalized spacial score (nSPS) is 19.8. The van der Waals surface area contributed by atoms with Gasteiger partial charge in [0.2, 0.25) is 0 Å². The van der Waals surface area contributed by atoms with Crippen LogP contribution in [-0.2, 0) is 20.9 Å². The third-order valence-electron chi connectivity index (χ3n) is 6.56. The van der Waals surface area contributed by atoms with Crippen LogP contribution in [0.4, 0.5) is 4.39 Å². The molecule has 1 heterocycles. The van der Waals surface area contributed by atoms with Crippen molar-refractivity contribution in [3.8, 4) is 5.75 Å². The number of esters is 1. The number of ketones is 1. The van der Waals surface area contributed by atoms with Gasteiger partial charge in [0.05, 0.1) is 23.6 Å². The molecule has 1 aliphatic heterocycles. The Labute approximate surface area is 203 Å². The van der Waals surface area contributed by atoms with Crippen LogP contribution in [0.3, 0.4) is 0 Å². The lowest BCUT2D eigenvalue weighted by Gasteiger charge is -2.38. The lowest BCUT2D eigenvalue weighted by Crippen LogP contribution is -2.41. The van der Waals surface area contributed by atoms with Crippen molar-refractivity contribution in [1.82, 2.24) is 5.32 Å². The quantitative estimate of drug-likeness (QED) is 0.555. The lowest BCUT2D eigenvalue weighted by molar-refractivity contribution is -0.136. The molecule has 0 aromatic heterocycles. The van der Waals surface area contributed by atoms with E-state index in [2.05, 4.69) is 5.32 Å². The predicted octanol–water partition coefficient (Wildman–Crippen LogP) is 5.67. The number of nitrogens with one attached hydrogen (secondary N) is 1. The first kappa shape index (κ1) is 24.0. The Morgan fingerprint density at radius 3 is 2.62 bits per heavy atom. The molecular formula is C27H27ClFNO4. The molecule has 5 nitrogen and oxygen atoms in total. The zero-order valence-corrected chi connectivity index (χ0v) is 20.4. The van der Waals surface area contributed by atoms with E-state index in [9.17, 15) is 14.0 Å². The number of ether oxygens (including phenoxy) is 2. The molecule has 2 atom stereocenters. The molecular weight excluding hydrogens is 457 g/mol. The molecule has 34 heavy (non-hydrogen) atoms. The van der Waals surface area contributed by atoms with Crippen molar-refractivity contribution in [3.63, 3.8) is 0 Å². The second-order valence-electron chi connectivity index (χ2n) is 8.77. The summed E-state index contributed by atoms with van der Waals surface area (Å²) < 4.78 is 24.4. The van der Waals surface area contributed by atoms with Gasteiger partial charge in [-0.15, -0.1) is 0 Å². The highest BCUT2D eigenvalue weighted by Gasteiger charge is 2.43. The van der Waals surface area contributed by atoms with Crippen molar-refractivity contribution < 1.29 is 23.5 Å². The summed E-state index contributed by atoms with van der Waals surface area (Å²) in [6, 6.07) is 8.02. The van der Waals surface area contributed by atoms with E-state index >= 15 is 0 Å². The minimum absolute atomic E-state index is 0.0970. The van der Waals surface area contributed by atoms with Crippen molar-refractivity contribution in [2.45, 2.75) is 46.1 Å². The maximum absolute atomic E-state index is 13.4. The molecule has 2 aromatic carbocycles. The molecule has 178 valence electrons. The van der Waals surface area contributed by atoms with Crippen LogP contribution in [0.25, 0.3) is 0 Å². The van der Waals surface area contributed by atoms with Crippen LogP contribution >= 0.6 is 11.6 Å². The van der Waals surface area contributed by atoms with Crippen LogP contribution in [0.1, 0.15) is 47.9 Å². The number of aryl methyl sites for hydroxylation is 2. The molecule has 2 aliphatic rings. The monoisotopic (exact) mass is 483 g/mol. The Kier molecular flexibility index (Phi) is 6.80. The van der Waals surface area contributed by atoms with Crippen LogP contribution in [0.15, 0.2) is 53.4 Å². The fourth-order valence-electron chi connectivity index (χ4n) is 4.88. The SMILES string of the molecule is COC(=O)C1=C(C)NC2=CCCC(=O)C2C1c1cc(COc2ccc(F)cc2Cl)c(C)cc1C. The van der Waals surface area contributed by atoms with E-state index in [4.69, 9.17) is 21.1 Å². The van der Waals surface area contributed by atoms with Gasteiger partial charge in [0.25, 0.3) is 0 Å². The summed E-state index contributed by atoms with van der Waals surface area (Å²) in [6.07, 6.45) is 3.15. The fraction of sp³-hybridized carbons (Fsp3) is 0.333. The molecule has 0 radical (unpaired) electrons. The molecule has 0 amide bonds. The van der Waals surface area contributed by atoms with E-state index in [0.29, 0.717) is 29.9 Å². The standard InChI is InChI=1S/C27H27ClFNO4/c1-14-10-15(2)19(11-17(14)13-34-23-9-8-18(29)12-20(23)28)25-24(27(32)33-4)16(3)30-21-6-5-7-22(31)26(21)25/h6,8-12,25-26,30H,5,7,13H2,1-4H3. The molecule has 2 aromatic rings. The maximum atomic E-state index is 13.4. The van der Waals surface area contributed by atoms with Crippen LogP contribution in [0, 0.1) is 25.6 Å². The molecule has 0 fully saturated rings. The van der Waals surface area contributed by atoms with Crippen LogP contribution in [0.2, 0.25) is 5.02 Å². The van der Waals surface area contributed by atoms with Crippen molar-refractivity contribution in [2.24, 2.45) is 5.92 Å². The second kappa shape index (κ2) is 9.63. The zero-order chi connectivity index (χ0) is 24.6. The summed E-state index contributed by atoms with van der Waals surface area (Å²) in [5, 5.41) is 3.46. The van der Waals surface area contributed by atoms with Gasteiger partial charge in [-0.2, -0.15) is 0 Å². The molecule has 1 N–H and O–H groups in total. The predicted molar refractivity (Wildman–Crippen MR) is 128 cm³/mol. The van der Waals surface area contributed by atoms with Crippen molar-refractivity contribution in [1.29, 1.82) is 0 Å². The van der Waals surface area contributed by atoms with Gasteiger partial charge in [0, 0.05) is 23.7 Å². The molecule has 2 unspecified atom stereocenters. The molecule has 0 saturated heterocycles. The Morgan fingerprint density at radius 2 is 1.91 bits per heavy atom. The third kappa shape index (κ3) is 4.47. The average molecular weight is 484 g/mol. The topological polar surface area (TPSA) is 64.6 Å². The first-order chi connectivity index (χ1) is 16.2. The minimum atomic E-state index is -0.478. The number of carbonyl (C=O) groups is 2. The van der Waals surface area contributed by atoms with Crippen molar-refractivity contribution in [3.05, 3.63) is 86.5 Å². The van der Waals surface area contributed by atoms with Crippen LogP contribution < -0.4 is 10.1 Å². The Bertz CT molecular complexity index is 1230. The van der Waals surface area contributed by atoms with E-state index < -0.39 is 23.6 Å². The number of hydrogen-bond acceptors (Lipinski definition) is 5. The lowest BCUT2D eigenvalue weighted by atomic mass is 9.69. The van der Waals surface area contributed by atoms with Gasteiger partial charge in [-0.1, -0.05) is 29.8 Å². The average Bonchev–Trinajstić information content (AvgIpc) is 2.78. The zero-order valence-electron chi connectivity index (χ0n) is 19.6. The van der Waals surface area contributed by atoms with Crippen LogP contribution in [0.5, 0.6) is 5.75 Å². The summed E-state index contributed by atoms with van der Waals surface area (Å²) in [4.78, 5) is 25.9. The van der Waals surface area contributed by atoms with E-state index in [1.807, 2.05) is 39.0 Å². The number of rotatable bonds is 5. The summed E-state index contributed by atoms with van der Waals surface area (Å²) in [5.41, 5.74) is 5.71. The first-order valence-corrected chi connectivity index (χ1v) is 11.6. The van der Waals surface area contributed by atoms with Crippen LogP contribution in [-0.4, -0.2) is 18.9 Å². The number of methoxy groups -OCH3 is 1. The van der Waals surface area contributed by atoms with Gasteiger partial charge in [0.15, 0.2) is 0 Å². The number of hydrogen-bond donors (Lipinski definition) is 1. The van der Waals surface area contributed by atoms with Gasteiger partial charge in [-0.25, -0.2) is 9.18 Å². The Hall–Kier alpha value is -3.12. The number of benzene rings is 2. The van der Waals surface area contributed by atoms with E-state index in [-0.39, 0.29) is 17.4 Å². The molecule has 7 heteroatoms. The van der Waals surface area contributed by atoms with E-state index in [0.717, 1.165) is 28.0 Å². The number of allylic oxidation sites excluding steroid dienone is 3. The number of carbonyl (C=O) groups excluding carboxylic acids is 2. The minimum Gasteiger partial charge on any atom is -0.487 e. The fourth-order valence-corrected chi connectivity index (χ4v) is 5.11. The summed E-state index contributed by atoms with van der Waals surface area (Å²) in [5.74, 6) is -1.36. The Balaban J connectivity index is 1.78. The number of fused-ring (bicyclic) bond motifs is 1. The second-order valence-corrected chi connectivity index (χ2v) is 9.18. The number of Topliss-reactive ketones (excluding diaryl/α,β-unsaturated/α-hetero) is 1. The van der Waals surface area contributed by atoms with Gasteiger partial charge >= 0.3 is 5.97 Å². The molecule has 0 saturated carbocycles. The van der Waals surface area contributed by atoms with E-state index in [1.54, 1.807) is 0 Å². The summed E-state index contributed by atoms with van der Waals surface area (Å²) >= 11 is 6.12.